The van der Waals surface area contributed by atoms with Gasteiger partial charge in [-0.3, -0.25) is 0 Å². The van der Waals surface area contributed by atoms with Crippen molar-refractivity contribution in [2.75, 3.05) is 0 Å². The number of rotatable bonds is 10. The van der Waals surface area contributed by atoms with Gasteiger partial charge in [-0.1, -0.05) is 31.2 Å². The molecule has 1 unspecified atom stereocenters. The molecule has 0 saturated heterocycles. The lowest BCUT2D eigenvalue weighted by Gasteiger charge is -2.43. The van der Waals surface area contributed by atoms with Gasteiger partial charge in [0.1, 0.15) is 0 Å². The lowest BCUT2D eigenvalue weighted by Crippen LogP contribution is -2.74. The van der Waals surface area contributed by atoms with Crippen molar-refractivity contribution in [1.29, 1.82) is 0 Å². The van der Waals surface area contributed by atoms with Crippen LogP contribution in [0.25, 0.3) is 0 Å². The third-order valence-electron chi connectivity index (χ3n) is 5.03. The summed E-state index contributed by atoms with van der Waals surface area (Å²) in [7, 11) is 0. The minimum atomic E-state index is -8.67. The SMILES string of the molecule is CCc1ccccc1C(O)CC(F)(F)C(F)(F)C(F)(F)C(F)(F)C(F)(F)C(F)(F)C(F)(F)C(F)(F)F. The van der Waals surface area contributed by atoms with E-state index in [1.54, 1.807) is 0 Å². The smallest absolute Gasteiger partial charge is 0.388 e. The van der Waals surface area contributed by atoms with Gasteiger partial charge < -0.3 is 5.11 Å². The third-order valence-corrected chi connectivity index (χ3v) is 5.03. The van der Waals surface area contributed by atoms with Crippen molar-refractivity contribution < 1.29 is 79.7 Å². The fraction of sp³-hybridized carbons (Fsp3) is 0.667. The van der Waals surface area contributed by atoms with E-state index in [9.17, 15) is 79.7 Å². The maximum absolute atomic E-state index is 14.0. The van der Waals surface area contributed by atoms with Crippen LogP contribution in [0.2, 0.25) is 0 Å². The van der Waals surface area contributed by atoms with Gasteiger partial charge in [0.05, 0.1) is 6.10 Å². The molecule has 1 N–H and O–H groups in total. The highest BCUT2D eigenvalue weighted by Gasteiger charge is 2.95. The fourth-order valence-corrected chi connectivity index (χ4v) is 2.86. The number of alkyl halides is 17. The molecule has 1 atom stereocenters. The van der Waals surface area contributed by atoms with Crippen LogP contribution in [0.15, 0.2) is 24.3 Å². The van der Waals surface area contributed by atoms with E-state index in [1.165, 1.54) is 13.0 Å². The molecule has 0 aromatic heterocycles. The van der Waals surface area contributed by atoms with Crippen molar-refractivity contribution in [3.63, 3.8) is 0 Å². The second-order valence-electron chi connectivity index (χ2n) is 7.42. The van der Waals surface area contributed by atoms with E-state index in [1.807, 2.05) is 0 Å². The first-order chi connectivity index (χ1) is 15.7. The predicted molar refractivity (Wildman–Crippen MR) is 86.1 cm³/mol. The molecule has 0 spiro atoms. The Balaban J connectivity index is 3.56. The van der Waals surface area contributed by atoms with Gasteiger partial charge in [0.2, 0.25) is 0 Å². The molecule has 18 heteroatoms. The standard InChI is InChI=1S/C18H13F17O/c1-2-8-5-3-4-6-9(8)10(36)7-11(19,20)12(21,22)13(23,24)14(25,26)15(27,28)16(29,30)17(31,32)18(33,34)35/h3-6,10,36H,2,7H2,1H3. The van der Waals surface area contributed by atoms with Gasteiger partial charge in [0, 0.05) is 6.42 Å². The zero-order valence-corrected chi connectivity index (χ0v) is 17.2. The third kappa shape index (κ3) is 4.46. The highest BCUT2D eigenvalue weighted by atomic mass is 19.4. The number of hydrogen-bond acceptors (Lipinski definition) is 1. The van der Waals surface area contributed by atoms with Gasteiger partial charge in [0.15, 0.2) is 0 Å². The topological polar surface area (TPSA) is 20.2 Å². The summed E-state index contributed by atoms with van der Waals surface area (Å²) in [6, 6.07) is 4.15. The summed E-state index contributed by atoms with van der Waals surface area (Å²) >= 11 is 0. The van der Waals surface area contributed by atoms with Crippen LogP contribution in [0.3, 0.4) is 0 Å². The first kappa shape index (κ1) is 32.0. The summed E-state index contributed by atoms with van der Waals surface area (Å²) in [4.78, 5) is 0. The Morgan fingerprint density at radius 2 is 0.944 bits per heavy atom. The van der Waals surface area contributed by atoms with E-state index < -0.39 is 65.7 Å². The molecule has 1 rings (SSSR count). The first-order valence-electron chi connectivity index (χ1n) is 9.16. The fourth-order valence-electron chi connectivity index (χ4n) is 2.86. The molecule has 1 aromatic rings. The molecule has 0 saturated carbocycles. The van der Waals surface area contributed by atoms with Crippen molar-refractivity contribution in [2.24, 2.45) is 0 Å². The Kier molecular flexibility index (Phi) is 8.07. The largest absolute Gasteiger partial charge is 0.460 e. The van der Waals surface area contributed by atoms with E-state index >= 15 is 0 Å². The molecule has 0 bridgehead atoms. The van der Waals surface area contributed by atoms with Crippen molar-refractivity contribution in [3.05, 3.63) is 35.4 Å². The van der Waals surface area contributed by atoms with E-state index in [-0.39, 0.29) is 12.0 Å². The average Bonchev–Trinajstić information content (AvgIpc) is 2.71. The highest BCUT2D eigenvalue weighted by Crippen LogP contribution is 2.64. The molecule has 0 aliphatic heterocycles. The van der Waals surface area contributed by atoms with Crippen LogP contribution in [0.1, 0.15) is 30.6 Å². The van der Waals surface area contributed by atoms with Gasteiger partial charge in [0.25, 0.3) is 0 Å². The van der Waals surface area contributed by atoms with Crippen molar-refractivity contribution in [1.82, 2.24) is 0 Å². The molecule has 0 aliphatic carbocycles. The van der Waals surface area contributed by atoms with Crippen LogP contribution in [0, 0.1) is 0 Å². The molecular weight excluding hydrogens is 555 g/mol. The molecule has 210 valence electrons. The van der Waals surface area contributed by atoms with E-state index in [4.69, 9.17) is 0 Å². The van der Waals surface area contributed by atoms with Gasteiger partial charge in [-0.25, -0.2) is 0 Å². The Morgan fingerprint density at radius 3 is 1.33 bits per heavy atom. The molecule has 0 radical (unpaired) electrons. The molecule has 0 fully saturated rings. The number of aliphatic hydroxyl groups is 1. The zero-order chi connectivity index (χ0) is 29.0. The monoisotopic (exact) mass is 568 g/mol. The molecule has 36 heavy (non-hydrogen) atoms. The summed E-state index contributed by atoms with van der Waals surface area (Å²) < 4.78 is 226. The van der Waals surface area contributed by atoms with Crippen LogP contribution < -0.4 is 0 Å². The molecule has 0 heterocycles. The van der Waals surface area contributed by atoms with E-state index in [0.717, 1.165) is 18.2 Å². The first-order valence-corrected chi connectivity index (χ1v) is 9.16. The Hall–Kier alpha value is -2.01. The summed E-state index contributed by atoms with van der Waals surface area (Å²) in [5.74, 6) is -56.9. The molecular formula is C18H13F17O. The van der Waals surface area contributed by atoms with Crippen LogP contribution >= 0.6 is 0 Å². The molecule has 0 aliphatic rings. The van der Waals surface area contributed by atoms with Gasteiger partial charge >= 0.3 is 47.6 Å². The van der Waals surface area contributed by atoms with Crippen LogP contribution in [0.5, 0.6) is 0 Å². The van der Waals surface area contributed by atoms with E-state index in [2.05, 4.69) is 0 Å². The minimum absolute atomic E-state index is 0.0678. The lowest BCUT2D eigenvalue weighted by molar-refractivity contribution is -0.462. The zero-order valence-electron chi connectivity index (χ0n) is 17.2. The van der Waals surface area contributed by atoms with Gasteiger partial charge in [-0.2, -0.15) is 74.6 Å². The number of benzene rings is 1. The second-order valence-corrected chi connectivity index (χ2v) is 7.42. The van der Waals surface area contributed by atoms with E-state index in [0.29, 0.717) is 0 Å². The molecule has 1 nitrogen and oxygen atoms in total. The molecule has 0 amide bonds. The van der Waals surface area contributed by atoms with Gasteiger partial charge in [-0.05, 0) is 17.5 Å². The normalized spacial score (nSPS) is 16.3. The van der Waals surface area contributed by atoms with Crippen LogP contribution in [-0.4, -0.2) is 52.7 Å². The minimum Gasteiger partial charge on any atom is -0.388 e. The summed E-state index contributed by atoms with van der Waals surface area (Å²) in [6.45, 7) is 1.33. The van der Waals surface area contributed by atoms with Crippen LogP contribution in [-0.2, 0) is 6.42 Å². The maximum Gasteiger partial charge on any atom is 0.460 e. The predicted octanol–water partition coefficient (Wildman–Crippen LogP) is 7.68. The average molecular weight is 568 g/mol. The van der Waals surface area contributed by atoms with Crippen molar-refractivity contribution in [2.45, 2.75) is 73.5 Å². The summed E-state index contributed by atoms with van der Waals surface area (Å²) in [5, 5.41) is 9.75. The summed E-state index contributed by atoms with van der Waals surface area (Å²) in [5.41, 5.74) is -0.714. The number of hydrogen-bond donors (Lipinski definition) is 1. The Labute approximate surface area is 189 Å². The second kappa shape index (κ2) is 9.08. The number of aryl methyl sites for hydroxylation is 1. The Morgan fingerprint density at radius 1 is 0.583 bits per heavy atom. The van der Waals surface area contributed by atoms with Crippen LogP contribution in [0.4, 0.5) is 74.6 Å². The quantitative estimate of drug-likeness (QED) is 0.287. The van der Waals surface area contributed by atoms with Crippen molar-refractivity contribution >= 4 is 0 Å². The van der Waals surface area contributed by atoms with Crippen molar-refractivity contribution in [3.8, 4) is 0 Å². The van der Waals surface area contributed by atoms with Gasteiger partial charge in [-0.15, -0.1) is 0 Å². The highest BCUT2D eigenvalue weighted by molar-refractivity contribution is 5.29. The summed E-state index contributed by atoms with van der Waals surface area (Å²) in [6.07, 6.45) is -13.7. The molecule has 1 aromatic carbocycles. The number of halogens is 17. The lowest BCUT2D eigenvalue weighted by atomic mass is 9.86. The Bertz CT molecular complexity index is 918. The maximum atomic E-state index is 14.0. The number of aliphatic hydroxyl groups excluding tert-OH is 1.